The Balaban J connectivity index is 2.02. The highest BCUT2D eigenvalue weighted by molar-refractivity contribution is 7.08. The third-order valence-electron chi connectivity index (χ3n) is 2.76. The maximum Gasteiger partial charge on any atom is 0.258 e. The van der Waals surface area contributed by atoms with Crippen LogP contribution in [0.25, 0.3) is 22.8 Å². The Morgan fingerprint density at radius 3 is 2.95 bits per heavy atom. The lowest BCUT2D eigenvalue weighted by atomic mass is 10.1. The summed E-state index contributed by atoms with van der Waals surface area (Å²) < 4.78 is 5.26. The smallest absolute Gasteiger partial charge is 0.258 e. The maximum atomic E-state index is 8.89. The van der Waals surface area contributed by atoms with E-state index in [1.807, 2.05) is 23.8 Å². The normalized spacial score (nSPS) is 10.3. The van der Waals surface area contributed by atoms with E-state index < -0.39 is 0 Å². The molecule has 0 saturated heterocycles. The lowest BCUT2D eigenvalue weighted by Crippen LogP contribution is -1.82. The molecule has 0 spiro atoms. The van der Waals surface area contributed by atoms with E-state index in [0.29, 0.717) is 17.3 Å². The van der Waals surface area contributed by atoms with Crippen molar-refractivity contribution in [3.63, 3.8) is 0 Å². The van der Waals surface area contributed by atoms with Crippen LogP contribution < -0.4 is 0 Å². The molecule has 5 heteroatoms. The minimum atomic E-state index is 0.428. The fraction of sp³-hybridized carbons (Fsp3) is 0.0714. The first kappa shape index (κ1) is 11.6. The quantitative estimate of drug-likeness (QED) is 0.711. The zero-order valence-electron chi connectivity index (χ0n) is 10.1. The first-order chi connectivity index (χ1) is 9.28. The van der Waals surface area contributed by atoms with E-state index in [0.717, 1.165) is 16.7 Å². The molecule has 0 amide bonds. The van der Waals surface area contributed by atoms with Gasteiger partial charge in [0.2, 0.25) is 5.82 Å². The molecule has 0 aliphatic heterocycles. The Morgan fingerprint density at radius 2 is 2.21 bits per heavy atom. The number of rotatable bonds is 2. The molecular weight excluding hydrogens is 258 g/mol. The molecule has 1 aromatic carbocycles. The van der Waals surface area contributed by atoms with Crippen LogP contribution in [0, 0.1) is 18.3 Å². The zero-order valence-corrected chi connectivity index (χ0v) is 10.9. The largest absolute Gasteiger partial charge is 0.334 e. The van der Waals surface area contributed by atoms with Crippen LogP contribution in [0.3, 0.4) is 0 Å². The van der Waals surface area contributed by atoms with Crippen molar-refractivity contribution in [1.82, 2.24) is 10.1 Å². The van der Waals surface area contributed by atoms with Gasteiger partial charge in [-0.2, -0.15) is 21.6 Å². The summed E-state index contributed by atoms with van der Waals surface area (Å²) in [7, 11) is 0. The number of hydrogen-bond acceptors (Lipinski definition) is 5. The van der Waals surface area contributed by atoms with Crippen molar-refractivity contribution in [2.75, 3.05) is 0 Å². The van der Waals surface area contributed by atoms with E-state index >= 15 is 0 Å². The second kappa shape index (κ2) is 4.67. The van der Waals surface area contributed by atoms with Crippen LogP contribution in [0.1, 0.15) is 11.1 Å². The third kappa shape index (κ3) is 2.14. The molecule has 0 aliphatic carbocycles. The number of nitriles is 1. The molecule has 92 valence electrons. The molecule has 2 heterocycles. The summed E-state index contributed by atoms with van der Waals surface area (Å²) in [6, 6.07) is 9.21. The van der Waals surface area contributed by atoms with Gasteiger partial charge in [0.1, 0.15) is 0 Å². The molecule has 3 aromatic rings. The summed E-state index contributed by atoms with van der Waals surface area (Å²) in [5.74, 6) is 1.01. The van der Waals surface area contributed by atoms with Crippen LogP contribution >= 0.6 is 11.3 Å². The van der Waals surface area contributed by atoms with Crippen LogP contribution in [0.15, 0.2) is 39.5 Å². The van der Waals surface area contributed by atoms with E-state index in [1.165, 1.54) is 0 Å². The first-order valence-electron chi connectivity index (χ1n) is 5.65. The van der Waals surface area contributed by atoms with Crippen molar-refractivity contribution in [3.8, 4) is 28.9 Å². The van der Waals surface area contributed by atoms with Crippen molar-refractivity contribution in [1.29, 1.82) is 5.26 Å². The molecule has 0 saturated carbocycles. The van der Waals surface area contributed by atoms with E-state index in [9.17, 15) is 0 Å². The van der Waals surface area contributed by atoms with E-state index in [4.69, 9.17) is 9.78 Å². The van der Waals surface area contributed by atoms with Gasteiger partial charge < -0.3 is 4.52 Å². The standard InChI is InChI=1S/C14H9N3OS/c1-9-7-19-8-12(9)13-16-14(18-17-13)11-4-2-3-10(5-11)6-15/h2-5,7-8H,1H3. The molecule has 3 rings (SSSR count). The average molecular weight is 267 g/mol. The topological polar surface area (TPSA) is 62.7 Å². The van der Waals surface area contributed by atoms with Gasteiger partial charge in [0.25, 0.3) is 5.89 Å². The summed E-state index contributed by atoms with van der Waals surface area (Å²) in [5.41, 5.74) is 3.44. The highest BCUT2D eigenvalue weighted by Gasteiger charge is 2.13. The molecule has 0 fully saturated rings. The lowest BCUT2D eigenvalue weighted by molar-refractivity contribution is 0.432. The summed E-state index contributed by atoms with van der Waals surface area (Å²) in [6.07, 6.45) is 0. The highest BCUT2D eigenvalue weighted by Crippen LogP contribution is 2.27. The van der Waals surface area contributed by atoms with Crippen molar-refractivity contribution in [3.05, 3.63) is 46.2 Å². The van der Waals surface area contributed by atoms with Crippen molar-refractivity contribution in [2.24, 2.45) is 0 Å². The van der Waals surface area contributed by atoms with Gasteiger partial charge in [-0.15, -0.1) is 0 Å². The molecule has 2 aromatic heterocycles. The molecule has 0 bridgehead atoms. The summed E-state index contributed by atoms with van der Waals surface area (Å²) in [5, 5.41) is 16.9. The van der Waals surface area contributed by atoms with E-state index in [1.54, 1.807) is 29.5 Å². The molecular formula is C14H9N3OS. The van der Waals surface area contributed by atoms with E-state index in [-0.39, 0.29) is 0 Å². The molecule has 19 heavy (non-hydrogen) atoms. The second-order valence-electron chi connectivity index (χ2n) is 4.08. The van der Waals surface area contributed by atoms with Crippen LogP contribution in [0.5, 0.6) is 0 Å². The van der Waals surface area contributed by atoms with Gasteiger partial charge >= 0.3 is 0 Å². The predicted molar refractivity (Wildman–Crippen MR) is 72.5 cm³/mol. The fourth-order valence-electron chi connectivity index (χ4n) is 1.76. The molecule has 0 N–H and O–H groups in total. The van der Waals surface area contributed by atoms with Crippen LogP contribution in [0.2, 0.25) is 0 Å². The number of nitrogens with zero attached hydrogens (tertiary/aromatic N) is 3. The molecule has 0 aliphatic rings. The Morgan fingerprint density at radius 1 is 1.32 bits per heavy atom. The monoisotopic (exact) mass is 267 g/mol. The number of aromatic nitrogens is 2. The van der Waals surface area contributed by atoms with Crippen molar-refractivity contribution < 1.29 is 4.52 Å². The third-order valence-corrected chi connectivity index (χ3v) is 3.62. The van der Waals surface area contributed by atoms with Crippen LogP contribution in [0.4, 0.5) is 0 Å². The maximum absolute atomic E-state index is 8.89. The lowest BCUT2D eigenvalue weighted by Gasteiger charge is -1.93. The van der Waals surface area contributed by atoms with Crippen molar-refractivity contribution >= 4 is 11.3 Å². The first-order valence-corrected chi connectivity index (χ1v) is 6.59. The Labute approximate surface area is 113 Å². The minimum Gasteiger partial charge on any atom is -0.334 e. The van der Waals surface area contributed by atoms with Gasteiger partial charge in [-0.05, 0) is 36.1 Å². The minimum absolute atomic E-state index is 0.428. The highest BCUT2D eigenvalue weighted by atomic mass is 32.1. The predicted octanol–water partition coefficient (Wildman–Crippen LogP) is 3.65. The van der Waals surface area contributed by atoms with Gasteiger partial charge in [-0.3, -0.25) is 0 Å². The summed E-state index contributed by atoms with van der Waals surface area (Å²) in [6.45, 7) is 2.01. The molecule has 0 unspecified atom stereocenters. The van der Waals surface area contributed by atoms with Crippen LogP contribution in [-0.4, -0.2) is 10.1 Å². The van der Waals surface area contributed by atoms with E-state index in [2.05, 4.69) is 16.2 Å². The van der Waals surface area contributed by atoms with Gasteiger partial charge in [0, 0.05) is 16.5 Å². The van der Waals surface area contributed by atoms with Gasteiger partial charge in [-0.1, -0.05) is 11.2 Å². The molecule has 0 atom stereocenters. The number of benzene rings is 1. The van der Waals surface area contributed by atoms with Gasteiger partial charge in [-0.25, -0.2) is 0 Å². The summed E-state index contributed by atoms with van der Waals surface area (Å²) in [4.78, 5) is 4.38. The number of hydrogen-bond donors (Lipinski definition) is 0. The van der Waals surface area contributed by atoms with Gasteiger partial charge in [0.15, 0.2) is 0 Å². The summed E-state index contributed by atoms with van der Waals surface area (Å²) >= 11 is 1.61. The number of thiophene rings is 1. The van der Waals surface area contributed by atoms with Crippen LogP contribution in [-0.2, 0) is 0 Å². The SMILES string of the molecule is Cc1cscc1-c1noc(-c2cccc(C#N)c2)n1. The van der Waals surface area contributed by atoms with Gasteiger partial charge in [0.05, 0.1) is 11.6 Å². The number of aryl methyl sites for hydroxylation is 1. The second-order valence-corrected chi connectivity index (χ2v) is 4.83. The average Bonchev–Trinajstić information content (AvgIpc) is 3.07. The molecule has 4 nitrogen and oxygen atoms in total. The Bertz CT molecular complexity index is 767. The Hall–Kier alpha value is -2.45. The molecule has 0 radical (unpaired) electrons. The fourth-order valence-corrected chi connectivity index (χ4v) is 2.59. The Kier molecular flexibility index (Phi) is 2.86. The zero-order chi connectivity index (χ0) is 13.2. The van der Waals surface area contributed by atoms with Crippen molar-refractivity contribution in [2.45, 2.75) is 6.92 Å².